The standard InChI is InChI=1S/C21H36N4O7S/c1-12(2)11-15(21(31)32)24-18(28)14(6-7-17(26)27)23-19(29)16-5-4-9-25(16)20(30)13(22)8-10-33-3/h12-16H,4-11,22H2,1-3H3,(H,23,29)(H,24,28)(H,26,27)(H,31,32). The molecule has 1 aliphatic rings. The van der Waals surface area contributed by atoms with Gasteiger partial charge in [-0.3, -0.25) is 19.2 Å². The van der Waals surface area contributed by atoms with Crippen molar-refractivity contribution in [3.63, 3.8) is 0 Å². The third kappa shape index (κ3) is 9.58. The van der Waals surface area contributed by atoms with Crippen molar-refractivity contribution in [3.05, 3.63) is 0 Å². The van der Waals surface area contributed by atoms with Crippen LogP contribution in [0.25, 0.3) is 0 Å². The number of carboxylic acid groups (broad SMARTS) is 2. The van der Waals surface area contributed by atoms with Crippen LogP contribution >= 0.6 is 11.8 Å². The maximum Gasteiger partial charge on any atom is 0.326 e. The van der Waals surface area contributed by atoms with Crippen molar-refractivity contribution in [2.24, 2.45) is 11.7 Å². The van der Waals surface area contributed by atoms with Gasteiger partial charge in [0.25, 0.3) is 0 Å². The molecule has 12 heteroatoms. The predicted molar refractivity (Wildman–Crippen MR) is 124 cm³/mol. The van der Waals surface area contributed by atoms with E-state index in [1.54, 1.807) is 25.6 Å². The number of amides is 3. The highest BCUT2D eigenvalue weighted by atomic mass is 32.2. The molecule has 3 amide bonds. The summed E-state index contributed by atoms with van der Waals surface area (Å²) in [5, 5.41) is 23.3. The van der Waals surface area contributed by atoms with Gasteiger partial charge >= 0.3 is 11.9 Å². The first-order chi connectivity index (χ1) is 15.5. The lowest BCUT2D eigenvalue weighted by atomic mass is 10.0. The van der Waals surface area contributed by atoms with E-state index in [1.807, 2.05) is 6.26 Å². The highest BCUT2D eigenvalue weighted by Gasteiger charge is 2.38. The number of aliphatic carboxylic acids is 2. The number of hydrogen-bond acceptors (Lipinski definition) is 7. The Bertz CT molecular complexity index is 719. The van der Waals surface area contributed by atoms with E-state index in [-0.39, 0.29) is 24.7 Å². The average Bonchev–Trinajstić information content (AvgIpc) is 3.23. The maximum absolute atomic E-state index is 13.0. The number of carboxylic acids is 2. The summed E-state index contributed by atoms with van der Waals surface area (Å²) in [6.07, 6.45) is 2.94. The molecule has 33 heavy (non-hydrogen) atoms. The summed E-state index contributed by atoms with van der Waals surface area (Å²) in [6, 6.07) is -3.96. The summed E-state index contributed by atoms with van der Waals surface area (Å²) in [5.41, 5.74) is 5.98. The Morgan fingerprint density at radius 2 is 1.76 bits per heavy atom. The molecule has 4 unspecified atom stereocenters. The van der Waals surface area contributed by atoms with Crippen LogP contribution in [0, 0.1) is 5.92 Å². The normalized spacial score (nSPS) is 18.5. The molecule has 1 heterocycles. The second-order valence-electron chi connectivity index (χ2n) is 8.60. The number of nitrogens with two attached hydrogens (primary N) is 1. The highest BCUT2D eigenvalue weighted by molar-refractivity contribution is 7.98. The monoisotopic (exact) mass is 488 g/mol. The van der Waals surface area contributed by atoms with Gasteiger partial charge < -0.3 is 31.5 Å². The van der Waals surface area contributed by atoms with Crippen molar-refractivity contribution in [1.82, 2.24) is 15.5 Å². The minimum atomic E-state index is -1.25. The third-order valence-electron chi connectivity index (χ3n) is 5.39. The van der Waals surface area contributed by atoms with Gasteiger partial charge in [0.2, 0.25) is 17.7 Å². The average molecular weight is 489 g/mol. The summed E-state index contributed by atoms with van der Waals surface area (Å²) in [6.45, 7) is 3.98. The van der Waals surface area contributed by atoms with Crippen LogP contribution in [-0.2, 0) is 24.0 Å². The minimum Gasteiger partial charge on any atom is -0.481 e. The van der Waals surface area contributed by atoms with Crippen molar-refractivity contribution in [2.45, 2.75) is 76.5 Å². The lowest BCUT2D eigenvalue weighted by Gasteiger charge is -2.28. The van der Waals surface area contributed by atoms with Gasteiger partial charge in [0.15, 0.2) is 0 Å². The van der Waals surface area contributed by atoms with Crippen molar-refractivity contribution >= 4 is 41.4 Å². The van der Waals surface area contributed by atoms with Crippen LogP contribution in [0.4, 0.5) is 0 Å². The third-order valence-corrected chi connectivity index (χ3v) is 6.03. The predicted octanol–water partition coefficient (Wildman–Crippen LogP) is 0.0229. The second-order valence-corrected chi connectivity index (χ2v) is 9.59. The van der Waals surface area contributed by atoms with Crippen LogP contribution in [0.2, 0.25) is 0 Å². The fraction of sp³-hybridized carbons (Fsp3) is 0.762. The number of nitrogens with one attached hydrogen (secondary N) is 2. The zero-order valence-electron chi connectivity index (χ0n) is 19.4. The summed E-state index contributed by atoms with van der Waals surface area (Å²) >= 11 is 1.56. The molecule has 1 fully saturated rings. The smallest absolute Gasteiger partial charge is 0.326 e. The number of likely N-dealkylation sites (tertiary alicyclic amines) is 1. The molecule has 11 nitrogen and oxygen atoms in total. The zero-order chi connectivity index (χ0) is 25.1. The summed E-state index contributed by atoms with van der Waals surface area (Å²) in [5.74, 6) is -3.37. The zero-order valence-corrected chi connectivity index (χ0v) is 20.2. The maximum atomic E-state index is 13.0. The Labute approximate surface area is 198 Å². The van der Waals surface area contributed by atoms with Gasteiger partial charge in [-0.2, -0.15) is 11.8 Å². The van der Waals surface area contributed by atoms with Gasteiger partial charge in [-0.1, -0.05) is 13.8 Å². The molecule has 0 aromatic carbocycles. The van der Waals surface area contributed by atoms with Crippen LogP contribution in [-0.4, -0.2) is 87.5 Å². The van der Waals surface area contributed by atoms with Gasteiger partial charge in [-0.05, 0) is 50.0 Å². The van der Waals surface area contributed by atoms with Gasteiger partial charge in [0.1, 0.15) is 18.1 Å². The van der Waals surface area contributed by atoms with Crippen molar-refractivity contribution in [3.8, 4) is 0 Å². The van der Waals surface area contributed by atoms with Crippen LogP contribution in [0.1, 0.15) is 52.4 Å². The molecule has 0 aliphatic carbocycles. The van der Waals surface area contributed by atoms with Crippen molar-refractivity contribution < 1.29 is 34.2 Å². The van der Waals surface area contributed by atoms with E-state index >= 15 is 0 Å². The first-order valence-corrected chi connectivity index (χ1v) is 12.5. The quantitative estimate of drug-likeness (QED) is 0.225. The largest absolute Gasteiger partial charge is 0.481 e. The molecule has 0 bridgehead atoms. The van der Waals surface area contributed by atoms with Crippen LogP contribution in [0.15, 0.2) is 0 Å². The van der Waals surface area contributed by atoms with Crippen LogP contribution in [0.3, 0.4) is 0 Å². The van der Waals surface area contributed by atoms with Crippen LogP contribution < -0.4 is 16.4 Å². The fourth-order valence-corrected chi connectivity index (χ4v) is 4.14. The van der Waals surface area contributed by atoms with E-state index in [0.29, 0.717) is 31.6 Å². The molecule has 1 aliphatic heterocycles. The molecular formula is C21H36N4O7S. The molecular weight excluding hydrogens is 452 g/mol. The van der Waals surface area contributed by atoms with E-state index in [4.69, 9.17) is 10.8 Å². The lowest BCUT2D eigenvalue weighted by Crippen LogP contribution is -2.56. The summed E-state index contributed by atoms with van der Waals surface area (Å²) in [4.78, 5) is 62.4. The number of carbonyl (C=O) groups excluding carboxylic acids is 3. The molecule has 188 valence electrons. The van der Waals surface area contributed by atoms with Crippen LogP contribution in [0.5, 0.6) is 0 Å². The van der Waals surface area contributed by atoms with E-state index in [0.717, 1.165) is 0 Å². The number of thioether (sulfide) groups is 1. The number of carbonyl (C=O) groups is 5. The first-order valence-electron chi connectivity index (χ1n) is 11.1. The van der Waals surface area contributed by atoms with Gasteiger partial charge in [-0.15, -0.1) is 0 Å². The minimum absolute atomic E-state index is 0.00756. The first kappa shape index (κ1) is 28.7. The molecule has 1 saturated heterocycles. The number of rotatable bonds is 14. The molecule has 0 aromatic heterocycles. The topological polar surface area (TPSA) is 179 Å². The Kier molecular flexibility index (Phi) is 12.2. The van der Waals surface area contributed by atoms with E-state index in [2.05, 4.69) is 10.6 Å². The number of hydrogen-bond donors (Lipinski definition) is 5. The summed E-state index contributed by atoms with van der Waals surface area (Å²) < 4.78 is 0. The second kappa shape index (κ2) is 14.0. The molecule has 1 rings (SSSR count). The Balaban J connectivity index is 2.92. The molecule has 0 saturated carbocycles. The molecule has 4 atom stereocenters. The lowest BCUT2D eigenvalue weighted by molar-refractivity contribution is -0.144. The fourth-order valence-electron chi connectivity index (χ4n) is 3.65. The van der Waals surface area contributed by atoms with Crippen molar-refractivity contribution in [1.29, 1.82) is 0 Å². The molecule has 6 N–H and O–H groups in total. The molecule has 0 spiro atoms. The Morgan fingerprint density at radius 1 is 1.09 bits per heavy atom. The SMILES string of the molecule is CSCCC(N)C(=O)N1CCCC1C(=O)NC(CCC(=O)O)C(=O)NC(CC(C)C)C(=O)O. The molecule has 0 radical (unpaired) electrons. The van der Waals surface area contributed by atoms with E-state index in [9.17, 15) is 29.1 Å². The Morgan fingerprint density at radius 3 is 2.30 bits per heavy atom. The van der Waals surface area contributed by atoms with Crippen molar-refractivity contribution in [2.75, 3.05) is 18.6 Å². The number of nitrogens with zero attached hydrogens (tertiary/aromatic N) is 1. The summed E-state index contributed by atoms with van der Waals surface area (Å²) in [7, 11) is 0. The highest BCUT2D eigenvalue weighted by Crippen LogP contribution is 2.20. The van der Waals surface area contributed by atoms with Gasteiger partial charge in [0.05, 0.1) is 6.04 Å². The van der Waals surface area contributed by atoms with E-state index < -0.39 is 54.3 Å². The van der Waals surface area contributed by atoms with Gasteiger partial charge in [-0.25, -0.2) is 4.79 Å². The molecule has 0 aromatic rings. The van der Waals surface area contributed by atoms with E-state index in [1.165, 1.54) is 4.90 Å². The Hall–Kier alpha value is -2.34. The van der Waals surface area contributed by atoms with Gasteiger partial charge in [0, 0.05) is 13.0 Å².